The molecular formula is C12H21F3N2. The monoisotopic (exact) mass is 250 g/mol. The average Bonchev–Trinajstić information content (AvgIpc) is 3.08. The third-order valence-electron chi connectivity index (χ3n) is 4.27. The van der Waals surface area contributed by atoms with Crippen LogP contribution in [0.15, 0.2) is 0 Å². The van der Waals surface area contributed by atoms with Crippen LogP contribution in [0, 0.1) is 0 Å². The predicted octanol–water partition coefficient (Wildman–Crippen LogP) is 2.54. The zero-order chi connectivity index (χ0) is 12.7. The predicted molar refractivity (Wildman–Crippen MR) is 60.9 cm³/mol. The number of alkyl halides is 3. The Hall–Kier alpha value is -0.290. The van der Waals surface area contributed by atoms with Gasteiger partial charge in [0.25, 0.3) is 0 Å². The Bertz CT molecular complexity index is 273. The Balaban J connectivity index is 2.16. The lowest BCUT2D eigenvalue weighted by atomic mass is 10.0. The molecule has 5 heteroatoms. The fraction of sp³-hybridized carbons (Fsp3) is 1.00. The zero-order valence-electron chi connectivity index (χ0n) is 10.5. The van der Waals surface area contributed by atoms with E-state index in [0.29, 0.717) is 13.1 Å². The third-order valence-corrected chi connectivity index (χ3v) is 4.27. The zero-order valence-corrected chi connectivity index (χ0v) is 10.5. The molecule has 17 heavy (non-hydrogen) atoms. The second-order valence-electron chi connectivity index (χ2n) is 5.26. The van der Waals surface area contributed by atoms with Gasteiger partial charge in [0, 0.05) is 25.2 Å². The minimum Gasteiger partial charge on any atom is -0.311 e. The summed E-state index contributed by atoms with van der Waals surface area (Å²) < 4.78 is 39.5. The minimum absolute atomic E-state index is 0.0296. The van der Waals surface area contributed by atoms with Crippen LogP contribution in [0.25, 0.3) is 0 Å². The molecule has 2 atom stereocenters. The summed E-state index contributed by atoms with van der Waals surface area (Å²) in [5, 5.41) is 3.34. The largest absolute Gasteiger partial charge is 0.406 e. The van der Waals surface area contributed by atoms with E-state index in [2.05, 4.69) is 5.32 Å². The fourth-order valence-corrected chi connectivity index (χ4v) is 2.88. The van der Waals surface area contributed by atoms with E-state index in [1.165, 1.54) is 0 Å². The first-order valence-corrected chi connectivity index (χ1v) is 6.51. The van der Waals surface area contributed by atoms with Crippen LogP contribution in [0.5, 0.6) is 0 Å². The molecule has 1 heterocycles. The van der Waals surface area contributed by atoms with Crippen molar-refractivity contribution in [2.45, 2.75) is 63.3 Å². The Labute approximate surface area is 101 Å². The Morgan fingerprint density at radius 3 is 2.29 bits per heavy atom. The van der Waals surface area contributed by atoms with Crippen LogP contribution in [0.1, 0.15) is 39.5 Å². The lowest BCUT2D eigenvalue weighted by Crippen LogP contribution is -2.63. The Morgan fingerprint density at radius 2 is 1.88 bits per heavy atom. The molecule has 0 aromatic heterocycles. The van der Waals surface area contributed by atoms with E-state index in [4.69, 9.17) is 0 Å². The van der Waals surface area contributed by atoms with Gasteiger partial charge in [-0.2, -0.15) is 13.2 Å². The molecule has 2 unspecified atom stereocenters. The molecule has 0 radical (unpaired) electrons. The van der Waals surface area contributed by atoms with Crippen molar-refractivity contribution in [1.82, 2.24) is 10.2 Å². The van der Waals surface area contributed by atoms with Crippen molar-refractivity contribution in [3.63, 3.8) is 0 Å². The summed E-state index contributed by atoms with van der Waals surface area (Å²) in [7, 11) is 0. The van der Waals surface area contributed by atoms with Gasteiger partial charge in [0.2, 0.25) is 0 Å². The van der Waals surface area contributed by atoms with Crippen molar-refractivity contribution in [1.29, 1.82) is 0 Å². The first-order valence-electron chi connectivity index (χ1n) is 6.51. The number of hydrogen-bond acceptors (Lipinski definition) is 2. The number of nitrogens with zero attached hydrogens (tertiary/aromatic N) is 1. The fourth-order valence-electron chi connectivity index (χ4n) is 2.88. The van der Waals surface area contributed by atoms with Gasteiger partial charge in [0.1, 0.15) is 5.54 Å². The maximum absolute atomic E-state index is 13.2. The van der Waals surface area contributed by atoms with Crippen molar-refractivity contribution in [3.05, 3.63) is 0 Å². The van der Waals surface area contributed by atoms with Gasteiger partial charge in [-0.05, 0) is 25.7 Å². The Kier molecular flexibility index (Phi) is 3.42. The van der Waals surface area contributed by atoms with Crippen molar-refractivity contribution in [2.75, 3.05) is 13.1 Å². The summed E-state index contributed by atoms with van der Waals surface area (Å²) in [6.07, 6.45) is -1.84. The van der Waals surface area contributed by atoms with Crippen LogP contribution in [-0.2, 0) is 0 Å². The lowest BCUT2D eigenvalue weighted by Gasteiger charge is -2.45. The van der Waals surface area contributed by atoms with E-state index in [0.717, 1.165) is 12.8 Å². The third kappa shape index (κ3) is 2.19. The summed E-state index contributed by atoms with van der Waals surface area (Å²) >= 11 is 0. The van der Waals surface area contributed by atoms with Gasteiger partial charge in [-0.15, -0.1) is 0 Å². The average molecular weight is 250 g/mol. The number of piperazine rings is 1. The van der Waals surface area contributed by atoms with Crippen molar-refractivity contribution in [2.24, 2.45) is 0 Å². The molecule has 100 valence electrons. The van der Waals surface area contributed by atoms with E-state index in [9.17, 15) is 13.2 Å². The molecule has 0 bridgehead atoms. The van der Waals surface area contributed by atoms with Crippen LogP contribution in [0.3, 0.4) is 0 Å². The van der Waals surface area contributed by atoms with E-state index in [1.54, 1.807) is 4.90 Å². The molecule has 2 rings (SSSR count). The number of rotatable bonds is 3. The van der Waals surface area contributed by atoms with Crippen molar-refractivity contribution in [3.8, 4) is 0 Å². The Morgan fingerprint density at radius 1 is 1.24 bits per heavy atom. The van der Waals surface area contributed by atoms with Gasteiger partial charge in [-0.3, -0.25) is 4.90 Å². The molecule has 2 fully saturated rings. The molecule has 0 spiro atoms. The topological polar surface area (TPSA) is 15.3 Å². The number of halogens is 3. The van der Waals surface area contributed by atoms with Gasteiger partial charge in [-0.1, -0.05) is 13.8 Å². The van der Waals surface area contributed by atoms with Gasteiger partial charge < -0.3 is 5.32 Å². The van der Waals surface area contributed by atoms with E-state index >= 15 is 0 Å². The number of nitrogens with one attached hydrogen (secondary N) is 1. The van der Waals surface area contributed by atoms with Crippen LogP contribution in [0.4, 0.5) is 13.2 Å². The van der Waals surface area contributed by atoms with E-state index < -0.39 is 11.7 Å². The first kappa shape index (κ1) is 13.1. The van der Waals surface area contributed by atoms with Gasteiger partial charge in [0.15, 0.2) is 0 Å². The molecule has 0 amide bonds. The molecular weight excluding hydrogens is 229 g/mol. The maximum Gasteiger partial charge on any atom is 0.406 e. The second kappa shape index (κ2) is 4.43. The highest BCUT2D eigenvalue weighted by Crippen LogP contribution is 2.54. The standard InChI is InChI=1S/C12H21F3N2/c1-3-9-8-17(10(4-2)7-16-9)11(5-6-11)12(13,14)15/h9-10,16H,3-8H2,1-2H3. The summed E-state index contributed by atoms with van der Waals surface area (Å²) in [6, 6.07) is 0.236. The van der Waals surface area contributed by atoms with Crippen LogP contribution in [-0.4, -0.2) is 41.8 Å². The lowest BCUT2D eigenvalue weighted by molar-refractivity contribution is -0.206. The molecule has 2 aliphatic rings. The molecule has 1 saturated carbocycles. The molecule has 0 aromatic carbocycles. The molecule has 1 N–H and O–H groups in total. The molecule has 2 nitrogen and oxygen atoms in total. The summed E-state index contributed by atoms with van der Waals surface area (Å²) in [5.41, 5.74) is -1.50. The van der Waals surface area contributed by atoms with E-state index in [-0.39, 0.29) is 24.9 Å². The molecule has 0 aromatic rings. The van der Waals surface area contributed by atoms with Gasteiger partial charge in [0.05, 0.1) is 0 Å². The van der Waals surface area contributed by atoms with Crippen LogP contribution < -0.4 is 5.32 Å². The molecule has 1 aliphatic heterocycles. The SMILES string of the molecule is CCC1CN(C2(C(F)(F)F)CC2)C(CC)CN1. The quantitative estimate of drug-likeness (QED) is 0.828. The first-order chi connectivity index (χ1) is 7.94. The number of hydrogen-bond donors (Lipinski definition) is 1. The summed E-state index contributed by atoms with van der Waals surface area (Å²) in [6.45, 7) is 5.22. The van der Waals surface area contributed by atoms with Gasteiger partial charge >= 0.3 is 6.18 Å². The van der Waals surface area contributed by atoms with Gasteiger partial charge in [-0.25, -0.2) is 0 Å². The summed E-state index contributed by atoms with van der Waals surface area (Å²) in [5.74, 6) is 0. The van der Waals surface area contributed by atoms with Crippen molar-refractivity contribution >= 4 is 0 Å². The molecule has 1 aliphatic carbocycles. The highest BCUT2D eigenvalue weighted by molar-refractivity contribution is 5.12. The highest BCUT2D eigenvalue weighted by Gasteiger charge is 2.67. The van der Waals surface area contributed by atoms with Crippen LogP contribution in [0.2, 0.25) is 0 Å². The smallest absolute Gasteiger partial charge is 0.311 e. The highest BCUT2D eigenvalue weighted by atomic mass is 19.4. The normalized spacial score (nSPS) is 33.7. The van der Waals surface area contributed by atoms with E-state index in [1.807, 2.05) is 13.8 Å². The molecule has 1 saturated heterocycles. The second-order valence-corrected chi connectivity index (χ2v) is 5.26. The van der Waals surface area contributed by atoms with Crippen molar-refractivity contribution < 1.29 is 13.2 Å². The summed E-state index contributed by atoms with van der Waals surface area (Å²) in [4.78, 5) is 1.73. The van der Waals surface area contributed by atoms with Crippen LogP contribution >= 0.6 is 0 Å². The minimum atomic E-state index is -4.07. The maximum atomic E-state index is 13.2.